The van der Waals surface area contributed by atoms with Crippen molar-refractivity contribution in [2.75, 3.05) is 13.2 Å². The average molecular weight is 376 g/mol. The summed E-state index contributed by atoms with van der Waals surface area (Å²) in [4.78, 5) is 28.4. The number of hydrogen-bond acceptors (Lipinski definition) is 4. The van der Waals surface area contributed by atoms with E-state index in [0.29, 0.717) is 29.8 Å². The fourth-order valence-electron chi connectivity index (χ4n) is 3.10. The van der Waals surface area contributed by atoms with Crippen LogP contribution in [0, 0.1) is 0 Å². The van der Waals surface area contributed by atoms with Gasteiger partial charge in [0.2, 0.25) is 0 Å². The van der Waals surface area contributed by atoms with Crippen LogP contribution in [-0.4, -0.2) is 28.6 Å². The van der Waals surface area contributed by atoms with Gasteiger partial charge in [0.15, 0.2) is 6.61 Å². The van der Waals surface area contributed by atoms with Crippen molar-refractivity contribution >= 4 is 17.5 Å². The zero-order valence-corrected chi connectivity index (χ0v) is 15.2. The molecule has 138 valence electrons. The second-order valence-electron chi connectivity index (χ2n) is 6.42. The van der Waals surface area contributed by atoms with E-state index in [1.807, 2.05) is 0 Å². The molecule has 6 nitrogen and oxygen atoms in total. The van der Waals surface area contributed by atoms with E-state index in [0.717, 1.165) is 18.5 Å². The van der Waals surface area contributed by atoms with Crippen molar-refractivity contribution in [2.45, 2.75) is 38.1 Å². The summed E-state index contributed by atoms with van der Waals surface area (Å²) in [5, 5.41) is 3.34. The van der Waals surface area contributed by atoms with Gasteiger partial charge in [-0.25, -0.2) is 4.98 Å². The number of rotatable bonds is 7. The van der Waals surface area contributed by atoms with Crippen molar-refractivity contribution in [1.29, 1.82) is 0 Å². The largest absolute Gasteiger partial charge is 0.484 e. The number of carbonyl (C=O) groups is 1. The minimum Gasteiger partial charge on any atom is -0.484 e. The Hall–Kier alpha value is -2.34. The zero-order valence-electron chi connectivity index (χ0n) is 14.5. The van der Waals surface area contributed by atoms with E-state index in [1.165, 1.54) is 17.4 Å². The molecular formula is C19H22ClN3O3. The normalized spacial score (nSPS) is 14.3. The topological polar surface area (TPSA) is 73.2 Å². The Balaban J connectivity index is 1.43. The molecule has 26 heavy (non-hydrogen) atoms. The maximum absolute atomic E-state index is 12.2. The summed E-state index contributed by atoms with van der Waals surface area (Å²) >= 11 is 5.79. The van der Waals surface area contributed by atoms with Crippen LogP contribution in [0.1, 0.15) is 37.3 Å². The fraction of sp³-hybridized carbons (Fsp3) is 0.421. The van der Waals surface area contributed by atoms with Gasteiger partial charge in [-0.1, -0.05) is 24.4 Å². The number of nitrogens with one attached hydrogen (secondary N) is 1. The Kier molecular flexibility index (Phi) is 6.28. The van der Waals surface area contributed by atoms with Crippen LogP contribution in [0.2, 0.25) is 5.02 Å². The van der Waals surface area contributed by atoms with Gasteiger partial charge in [-0.3, -0.25) is 14.2 Å². The van der Waals surface area contributed by atoms with Gasteiger partial charge >= 0.3 is 0 Å². The van der Waals surface area contributed by atoms with Crippen molar-refractivity contribution in [3.05, 3.63) is 57.7 Å². The molecule has 0 unspecified atom stereocenters. The molecule has 0 atom stereocenters. The van der Waals surface area contributed by atoms with Gasteiger partial charge in [-0.15, -0.1) is 0 Å². The molecule has 0 aliphatic heterocycles. The standard InChI is InChI=1S/C19H22ClN3O3/c20-15-5-7-16(8-6-15)26-12-18(24)21-9-10-23-13-22-17(11-19(23)25)14-3-1-2-4-14/h5-8,11,13-14H,1-4,9-10,12H2,(H,21,24). The first-order valence-electron chi connectivity index (χ1n) is 8.83. The van der Waals surface area contributed by atoms with E-state index in [2.05, 4.69) is 10.3 Å². The van der Waals surface area contributed by atoms with E-state index in [4.69, 9.17) is 16.3 Å². The Morgan fingerprint density at radius 3 is 2.69 bits per heavy atom. The van der Waals surface area contributed by atoms with Crippen LogP contribution in [0.15, 0.2) is 41.5 Å². The SMILES string of the molecule is O=C(COc1ccc(Cl)cc1)NCCn1cnc(C2CCCC2)cc1=O. The molecular weight excluding hydrogens is 354 g/mol. The molecule has 3 rings (SSSR count). The molecule has 0 radical (unpaired) electrons. The third kappa shape index (κ3) is 5.08. The maximum Gasteiger partial charge on any atom is 0.258 e. The lowest BCUT2D eigenvalue weighted by Gasteiger charge is -2.11. The third-order valence-corrected chi connectivity index (χ3v) is 4.78. The van der Waals surface area contributed by atoms with Crippen molar-refractivity contribution in [2.24, 2.45) is 0 Å². The van der Waals surface area contributed by atoms with Gasteiger partial charge < -0.3 is 10.1 Å². The minimum atomic E-state index is -0.247. The van der Waals surface area contributed by atoms with E-state index >= 15 is 0 Å². The van der Waals surface area contributed by atoms with Crippen LogP contribution >= 0.6 is 11.6 Å². The summed E-state index contributed by atoms with van der Waals surface area (Å²) < 4.78 is 6.88. The zero-order chi connectivity index (χ0) is 18.4. The van der Waals surface area contributed by atoms with Gasteiger partial charge in [-0.2, -0.15) is 0 Å². The minimum absolute atomic E-state index is 0.0754. The summed E-state index contributed by atoms with van der Waals surface area (Å²) in [5.74, 6) is 0.748. The summed E-state index contributed by atoms with van der Waals surface area (Å²) in [6.07, 6.45) is 6.21. The number of benzene rings is 1. The molecule has 0 saturated heterocycles. The molecule has 1 aliphatic carbocycles. The number of aromatic nitrogens is 2. The highest BCUT2D eigenvalue weighted by molar-refractivity contribution is 6.30. The first-order valence-corrected chi connectivity index (χ1v) is 9.21. The quantitative estimate of drug-likeness (QED) is 0.807. The number of hydrogen-bond donors (Lipinski definition) is 1. The second-order valence-corrected chi connectivity index (χ2v) is 6.86. The second kappa shape index (κ2) is 8.85. The van der Waals surface area contributed by atoms with Crippen molar-refractivity contribution in [1.82, 2.24) is 14.9 Å². The van der Waals surface area contributed by atoms with Crippen LogP contribution in [0.25, 0.3) is 0 Å². The molecule has 1 fully saturated rings. The molecule has 1 heterocycles. The maximum atomic E-state index is 12.2. The highest BCUT2D eigenvalue weighted by Gasteiger charge is 2.18. The molecule has 0 bridgehead atoms. The third-order valence-electron chi connectivity index (χ3n) is 4.53. The number of carbonyl (C=O) groups excluding carboxylic acids is 1. The molecule has 1 aliphatic rings. The Bertz CT molecular complexity index is 798. The van der Waals surface area contributed by atoms with Gasteiger partial charge in [0.25, 0.3) is 11.5 Å². The van der Waals surface area contributed by atoms with E-state index in [-0.39, 0.29) is 18.1 Å². The predicted molar refractivity (Wildman–Crippen MR) is 99.7 cm³/mol. The summed E-state index contributed by atoms with van der Waals surface area (Å²) in [6, 6.07) is 8.42. The lowest BCUT2D eigenvalue weighted by molar-refractivity contribution is -0.123. The van der Waals surface area contributed by atoms with Crippen LogP contribution in [-0.2, 0) is 11.3 Å². The lowest BCUT2D eigenvalue weighted by atomic mass is 10.0. The summed E-state index contributed by atoms with van der Waals surface area (Å²) in [5.41, 5.74) is 0.817. The molecule has 1 aromatic heterocycles. The van der Waals surface area contributed by atoms with Gasteiger partial charge in [-0.05, 0) is 37.1 Å². The highest BCUT2D eigenvalue weighted by Crippen LogP contribution is 2.32. The summed E-state index contributed by atoms with van der Waals surface area (Å²) in [7, 11) is 0. The molecule has 7 heteroatoms. The number of amides is 1. The van der Waals surface area contributed by atoms with Crippen molar-refractivity contribution < 1.29 is 9.53 Å². The summed E-state index contributed by atoms with van der Waals surface area (Å²) in [6.45, 7) is 0.631. The Labute approximate surface area is 157 Å². The molecule has 1 aromatic carbocycles. The number of ether oxygens (including phenoxy) is 1. The molecule has 1 saturated carbocycles. The van der Waals surface area contributed by atoms with E-state index in [9.17, 15) is 9.59 Å². The fourth-order valence-corrected chi connectivity index (χ4v) is 3.23. The predicted octanol–water partition coefficient (Wildman–Crippen LogP) is 2.75. The molecule has 1 N–H and O–H groups in total. The number of halogens is 1. The first kappa shape index (κ1) is 18.5. The van der Waals surface area contributed by atoms with Crippen LogP contribution in [0.3, 0.4) is 0 Å². The number of nitrogens with zero attached hydrogens (tertiary/aromatic N) is 2. The average Bonchev–Trinajstić information content (AvgIpc) is 3.17. The lowest BCUT2D eigenvalue weighted by Crippen LogP contribution is -2.33. The van der Waals surface area contributed by atoms with Crippen LogP contribution in [0.5, 0.6) is 5.75 Å². The molecule has 0 spiro atoms. The van der Waals surface area contributed by atoms with Gasteiger partial charge in [0.05, 0.1) is 12.0 Å². The Morgan fingerprint density at radius 2 is 2.00 bits per heavy atom. The first-order chi connectivity index (χ1) is 12.6. The van der Waals surface area contributed by atoms with Crippen molar-refractivity contribution in [3.8, 4) is 5.75 Å². The molecule has 1 amide bonds. The van der Waals surface area contributed by atoms with E-state index in [1.54, 1.807) is 36.7 Å². The van der Waals surface area contributed by atoms with Crippen LogP contribution < -0.4 is 15.6 Å². The van der Waals surface area contributed by atoms with Gasteiger partial charge in [0.1, 0.15) is 5.75 Å². The monoisotopic (exact) mass is 375 g/mol. The highest BCUT2D eigenvalue weighted by atomic mass is 35.5. The van der Waals surface area contributed by atoms with E-state index < -0.39 is 0 Å². The molecule has 2 aromatic rings. The smallest absolute Gasteiger partial charge is 0.258 e. The van der Waals surface area contributed by atoms with Crippen molar-refractivity contribution in [3.63, 3.8) is 0 Å². The van der Waals surface area contributed by atoms with Crippen LogP contribution in [0.4, 0.5) is 0 Å². The van der Waals surface area contributed by atoms with Gasteiger partial charge in [0, 0.05) is 30.1 Å². The Morgan fingerprint density at radius 1 is 1.27 bits per heavy atom.